The fourth-order valence-corrected chi connectivity index (χ4v) is 0.563. The molecule has 0 heterocycles. The van der Waals surface area contributed by atoms with Crippen molar-refractivity contribution in [3.63, 3.8) is 0 Å². The molecule has 0 amide bonds. The van der Waals surface area contributed by atoms with Crippen LogP contribution in [0.25, 0.3) is 0 Å². The van der Waals surface area contributed by atoms with E-state index < -0.39 is 0 Å². The van der Waals surface area contributed by atoms with Gasteiger partial charge in [-0.15, -0.1) is 4.91 Å². The van der Waals surface area contributed by atoms with Crippen LogP contribution < -0.4 is 5.73 Å². The number of nitrogens with two attached hydrogens (primary N) is 1. The third kappa shape index (κ3) is 3.68. The summed E-state index contributed by atoms with van der Waals surface area (Å²) in [7, 11) is 0. The zero-order valence-electron chi connectivity index (χ0n) is 6.99. The van der Waals surface area contributed by atoms with E-state index in [1.54, 1.807) is 25.2 Å². The van der Waals surface area contributed by atoms with E-state index in [1.165, 1.54) is 0 Å². The van der Waals surface area contributed by atoms with Crippen molar-refractivity contribution in [2.75, 3.05) is 6.73 Å². The predicted octanol–water partition coefficient (Wildman–Crippen LogP) is 1.66. The number of rotatable bonds is 5. The van der Waals surface area contributed by atoms with Crippen molar-refractivity contribution in [2.45, 2.75) is 6.92 Å². The van der Waals surface area contributed by atoms with Crippen LogP contribution in [0.3, 0.4) is 0 Å². The van der Waals surface area contributed by atoms with Gasteiger partial charge in [0.05, 0.1) is 0 Å². The average molecular weight is 168 g/mol. The van der Waals surface area contributed by atoms with E-state index in [1.807, 2.05) is 0 Å². The second kappa shape index (κ2) is 6.30. The molecule has 0 saturated carbocycles. The average Bonchev–Trinajstić information content (AvgIpc) is 2.11. The van der Waals surface area contributed by atoms with Gasteiger partial charge in [-0.3, -0.25) is 5.73 Å². The van der Waals surface area contributed by atoms with E-state index in [-0.39, 0.29) is 12.4 Å². The summed E-state index contributed by atoms with van der Waals surface area (Å²) in [5.74, 6) is 0.368. The highest BCUT2D eigenvalue weighted by Gasteiger charge is 1.98. The molecule has 0 rings (SSSR count). The van der Waals surface area contributed by atoms with Crippen molar-refractivity contribution >= 4 is 0 Å². The normalized spacial score (nSPS) is 12.5. The summed E-state index contributed by atoms with van der Waals surface area (Å²) < 4.78 is 4.93. The van der Waals surface area contributed by atoms with Gasteiger partial charge in [0.15, 0.2) is 0 Å². The van der Waals surface area contributed by atoms with Gasteiger partial charge in [0.25, 0.3) is 0 Å². The molecule has 0 aliphatic heterocycles. The summed E-state index contributed by atoms with van der Waals surface area (Å²) in [6.45, 7) is 5.04. The molecule has 4 nitrogen and oxygen atoms in total. The monoisotopic (exact) mass is 168 g/mol. The Labute approximate surface area is 71.4 Å². The molecule has 0 aromatic carbocycles. The molecule has 0 spiro atoms. The molecule has 12 heavy (non-hydrogen) atoms. The molecule has 0 aliphatic carbocycles. The smallest absolute Gasteiger partial charge is 0.146 e. The minimum Gasteiger partial charge on any atom is -0.477 e. The van der Waals surface area contributed by atoms with Gasteiger partial charge >= 0.3 is 0 Å². The van der Waals surface area contributed by atoms with Crippen LogP contribution in [0.1, 0.15) is 6.92 Å². The zero-order valence-corrected chi connectivity index (χ0v) is 6.99. The van der Waals surface area contributed by atoms with Crippen LogP contribution in [0.15, 0.2) is 41.4 Å². The predicted molar refractivity (Wildman–Crippen MR) is 48.0 cm³/mol. The van der Waals surface area contributed by atoms with Crippen molar-refractivity contribution < 1.29 is 4.74 Å². The lowest BCUT2D eigenvalue weighted by molar-refractivity contribution is 0.230. The van der Waals surface area contributed by atoms with Gasteiger partial charge in [-0.05, 0) is 18.2 Å². The molecule has 0 bridgehead atoms. The van der Waals surface area contributed by atoms with Gasteiger partial charge in [-0.2, -0.15) is 0 Å². The Hall–Kier alpha value is -1.42. The van der Waals surface area contributed by atoms with Crippen LogP contribution in [-0.4, -0.2) is 6.73 Å². The summed E-state index contributed by atoms with van der Waals surface area (Å²) in [4.78, 5) is 10.1. The van der Waals surface area contributed by atoms with E-state index in [2.05, 4.69) is 11.8 Å². The molecular formula is C8H12N2O2. The largest absolute Gasteiger partial charge is 0.477 e. The quantitative estimate of drug-likeness (QED) is 0.294. The number of nitrogens with zero attached hydrogens (tertiary/aromatic N) is 1. The van der Waals surface area contributed by atoms with Gasteiger partial charge in [0.2, 0.25) is 0 Å². The zero-order chi connectivity index (χ0) is 9.40. The highest BCUT2D eigenvalue weighted by molar-refractivity contribution is 5.20. The van der Waals surface area contributed by atoms with E-state index in [4.69, 9.17) is 10.5 Å². The second-order valence-electron chi connectivity index (χ2n) is 1.95. The van der Waals surface area contributed by atoms with E-state index in [9.17, 15) is 4.91 Å². The van der Waals surface area contributed by atoms with Crippen molar-refractivity contribution in [2.24, 2.45) is 10.9 Å². The molecule has 0 unspecified atom stereocenters. The first-order valence-corrected chi connectivity index (χ1v) is 3.42. The molecule has 4 heteroatoms. The maximum Gasteiger partial charge on any atom is 0.146 e. The van der Waals surface area contributed by atoms with E-state index >= 15 is 0 Å². The summed E-state index contributed by atoms with van der Waals surface area (Å²) in [6, 6.07) is 0. The number of hydrogen-bond acceptors (Lipinski definition) is 4. The van der Waals surface area contributed by atoms with Crippen LogP contribution in [0, 0.1) is 4.91 Å². The van der Waals surface area contributed by atoms with Gasteiger partial charge in [0.1, 0.15) is 18.2 Å². The Bertz CT molecular complexity index is 219. The Balaban J connectivity index is 4.52. The van der Waals surface area contributed by atoms with E-state index in [0.717, 1.165) is 0 Å². The first kappa shape index (κ1) is 10.6. The highest BCUT2D eigenvalue weighted by Crippen LogP contribution is 2.07. The number of nitroso groups, excluding NO2 is 1. The lowest BCUT2D eigenvalue weighted by atomic mass is 10.3. The molecule has 0 aliphatic rings. The first-order chi connectivity index (χ1) is 5.76. The lowest BCUT2D eigenvalue weighted by Crippen LogP contribution is -2.04. The summed E-state index contributed by atoms with van der Waals surface area (Å²) in [6.07, 6.45) is 4.79. The van der Waals surface area contributed by atoms with Gasteiger partial charge in [-0.25, -0.2) is 0 Å². The minimum absolute atomic E-state index is 0.0175. The van der Waals surface area contributed by atoms with Crippen molar-refractivity contribution in [1.29, 1.82) is 0 Å². The van der Waals surface area contributed by atoms with Crippen LogP contribution >= 0.6 is 0 Å². The molecule has 0 atom stereocenters. The SMILES string of the molecule is C=C/C=C\C(OCN)=C(/C)N=O. The van der Waals surface area contributed by atoms with Crippen LogP contribution in [-0.2, 0) is 4.74 Å². The van der Waals surface area contributed by atoms with E-state index in [0.29, 0.717) is 5.76 Å². The standard InChI is InChI=1S/C8H12N2O2/c1-3-4-5-8(12-6-9)7(2)10-11/h3-5H,1,6,9H2,2H3/b5-4-,8-7-. The molecule has 0 aromatic heterocycles. The van der Waals surface area contributed by atoms with Crippen molar-refractivity contribution in [3.8, 4) is 0 Å². The molecule has 66 valence electrons. The summed E-state index contributed by atoms with van der Waals surface area (Å²) in [5.41, 5.74) is 5.40. The fourth-order valence-electron chi connectivity index (χ4n) is 0.563. The van der Waals surface area contributed by atoms with Gasteiger partial charge in [-0.1, -0.05) is 18.7 Å². The number of allylic oxidation sites excluding steroid dienone is 4. The van der Waals surface area contributed by atoms with Gasteiger partial charge in [0, 0.05) is 0 Å². The number of ether oxygens (including phenoxy) is 1. The van der Waals surface area contributed by atoms with Crippen LogP contribution in [0.2, 0.25) is 0 Å². The number of hydrogen-bond donors (Lipinski definition) is 1. The second-order valence-corrected chi connectivity index (χ2v) is 1.95. The fraction of sp³-hybridized carbons (Fsp3) is 0.250. The molecular weight excluding hydrogens is 156 g/mol. The molecule has 2 N–H and O–H groups in total. The Morgan fingerprint density at radius 3 is 2.83 bits per heavy atom. The Kier molecular flexibility index (Phi) is 5.55. The third-order valence-corrected chi connectivity index (χ3v) is 1.12. The minimum atomic E-state index is 0.0175. The van der Waals surface area contributed by atoms with Crippen LogP contribution in [0.5, 0.6) is 0 Å². The summed E-state index contributed by atoms with van der Waals surface area (Å²) >= 11 is 0. The van der Waals surface area contributed by atoms with Gasteiger partial charge < -0.3 is 4.74 Å². The maximum atomic E-state index is 10.1. The Morgan fingerprint density at radius 1 is 1.75 bits per heavy atom. The molecule has 0 aromatic rings. The molecule has 0 saturated heterocycles. The molecule has 0 fully saturated rings. The van der Waals surface area contributed by atoms with Crippen molar-refractivity contribution in [1.82, 2.24) is 0 Å². The molecule has 0 radical (unpaired) electrons. The van der Waals surface area contributed by atoms with Crippen LogP contribution in [0.4, 0.5) is 0 Å². The maximum absolute atomic E-state index is 10.1. The lowest BCUT2D eigenvalue weighted by Gasteiger charge is -2.02. The summed E-state index contributed by atoms with van der Waals surface area (Å²) in [5, 5.41) is 2.72. The van der Waals surface area contributed by atoms with Crippen molar-refractivity contribution in [3.05, 3.63) is 41.2 Å². The highest BCUT2D eigenvalue weighted by atomic mass is 16.5. The first-order valence-electron chi connectivity index (χ1n) is 3.42. The third-order valence-electron chi connectivity index (χ3n) is 1.12. The topological polar surface area (TPSA) is 64.7 Å². The Morgan fingerprint density at radius 2 is 2.42 bits per heavy atom.